The van der Waals surface area contributed by atoms with Crippen LogP contribution >= 0.6 is 34.8 Å². The Kier molecular flexibility index (Phi) is 6.46. The third-order valence-corrected chi connectivity index (χ3v) is 5.08. The van der Waals surface area contributed by atoms with E-state index in [1.54, 1.807) is 47.4 Å². The SMILES string of the molecule is O=C(Nc1ccn(Cc2cccc(Cl)c2)n1)c1ccn(COc2c(Cl)cccc2Cl)n1. The summed E-state index contributed by atoms with van der Waals surface area (Å²) in [5.41, 5.74) is 1.23. The highest BCUT2D eigenvalue weighted by Gasteiger charge is 2.13. The second-order valence-electron chi connectivity index (χ2n) is 6.55. The van der Waals surface area contributed by atoms with Gasteiger partial charge in [-0.1, -0.05) is 53.0 Å². The molecule has 31 heavy (non-hydrogen) atoms. The minimum Gasteiger partial charge on any atom is -0.468 e. The fourth-order valence-corrected chi connectivity index (χ4v) is 3.54. The van der Waals surface area contributed by atoms with E-state index in [-0.39, 0.29) is 18.3 Å². The van der Waals surface area contributed by atoms with Gasteiger partial charge in [-0.25, -0.2) is 4.68 Å². The Morgan fingerprint density at radius 2 is 1.68 bits per heavy atom. The second kappa shape index (κ2) is 9.43. The number of hydrogen-bond donors (Lipinski definition) is 1. The molecule has 1 N–H and O–H groups in total. The Bertz CT molecular complexity index is 1200. The highest BCUT2D eigenvalue weighted by molar-refractivity contribution is 6.37. The van der Waals surface area contributed by atoms with Crippen LogP contribution in [0.2, 0.25) is 15.1 Å². The molecule has 0 aliphatic carbocycles. The summed E-state index contributed by atoms with van der Waals surface area (Å²) in [4.78, 5) is 12.5. The third kappa shape index (κ3) is 5.38. The quantitative estimate of drug-likeness (QED) is 0.389. The summed E-state index contributed by atoms with van der Waals surface area (Å²) >= 11 is 18.2. The predicted molar refractivity (Wildman–Crippen MR) is 120 cm³/mol. The lowest BCUT2D eigenvalue weighted by molar-refractivity contribution is 0.101. The van der Waals surface area contributed by atoms with E-state index in [0.29, 0.717) is 33.2 Å². The molecule has 0 aliphatic heterocycles. The van der Waals surface area contributed by atoms with Crippen LogP contribution in [-0.2, 0) is 13.3 Å². The van der Waals surface area contributed by atoms with Gasteiger partial charge in [0, 0.05) is 23.5 Å². The minimum absolute atomic E-state index is 0.0466. The van der Waals surface area contributed by atoms with E-state index in [1.807, 2.05) is 24.3 Å². The molecule has 4 rings (SSSR count). The Morgan fingerprint density at radius 1 is 0.935 bits per heavy atom. The number of carbonyl (C=O) groups excluding carboxylic acids is 1. The van der Waals surface area contributed by atoms with E-state index in [9.17, 15) is 4.79 Å². The van der Waals surface area contributed by atoms with Crippen LogP contribution < -0.4 is 10.1 Å². The molecule has 158 valence electrons. The van der Waals surface area contributed by atoms with Crippen LogP contribution in [0, 0.1) is 0 Å². The zero-order valence-corrected chi connectivity index (χ0v) is 18.3. The highest BCUT2D eigenvalue weighted by Crippen LogP contribution is 2.32. The summed E-state index contributed by atoms with van der Waals surface area (Å²) in [5, 5.41) is 12.7. The van der Waals surface area contributed by atoms with Crippen molar-refractivity contribution in [3.05, 3.63) is 93.3 Å². The monoisotopic (exact) mass is 475 g/mol. The lowest BCUT2D eigenvalue weighted by Gasteiger charge is -2.09. The molecule has 2 aromatic carbocycles. The van der Waals surface area contributed by atoms with Crippen molar-refractivity contribution in [2.45, 2.75) is 13.3 Å². The van der Waals surface area contributed by atoms with Gasteiger partial charge in [0.05, 0.1) is 16.6 Å². The zero-order chi connectivity index (χ0) is 21.8. The normalized spacial score (nSPS) is 10.8. The number of benzene rings is 2. The molecule has 0 spiro atoms. The number of carbonyl (C=O) groups is 1. The molecule has 2 heterocycles. The van der Waals surface area contributed by atoms with E-state index in [1.165, 1.54) is 4.68 Å². The van der Waals surface area contributed by atoms with Crippen LogP contribution in [0.3, 0.4) is 0 Å². The lowest BCUT2D eigenvalue weighted by atomic mass is 10.2. The highest BCUT2D eigenvalue weighted by atomic mass is 35.5. The first-order valence-electron chi connectivity index (χ1n) is 9.17. The van der Waals surface area contributed by atoms with Gasteiger partial charge < -0.3 is 10.1 Å². The number of hydrogen-bond acceptors (Lipinski definition) is 4. The Balaban J connectivity index is 1.35. The third-order valence-electron chi connectivity index (χ3n) is 4.25. The number of amides is 1. The zero-order valence-electron chi connectivity index (χ0n) is 16.0. The summed E-state index contributed by atoms with van der Waals surface area (Å²) in [7, 11) is 0. The van der Waals surface area contributed by atoms with Gasteiger partial charge in [-0.2, -0.15) is 10.2 Å². The maximum absolute atomic E-state index is 12.5. The number of nitrogens with zero attached hydrogens (tertiary/aromatic N) is 4. The van der Waals surface area contributed by atoms with E-state index in [0.717, 1.165) is 5.56 Å². The van der Waals surface area contributed by atoms with Crippen molar-refractivity contribution in [3.8, 4) is 5.75 Å². The fourth-order valence-electron chi connectivity index (χ4n) is 2.82. The van der Waals surface area contributed by atoms with Gasteiger partial charge in [0.15, 0.2) is 24.0 Å². The Morgan fingerprint density at radius 3 is 2.45 bits per heavy atom. The molecule has 0 bridgehead atoms. The average molecular weight is 477 g/mol. The Labute approximate surface area is 193 Å². The van der Waals surface area contributed by atoms with Gasteiger partial charge in [-0.15, -0.1) is 0 Å². The number of rotatable bonds is 7. The van der Waals surface area contributed by atoms with Gasteiger partial charge >= 0.3 is 0 Å². The van der Waals surface area contributed by atoms with Crippen molar-refractivity contribution in [2.75, 3.05) is 5.32 Å². The molecule has 0 saturated heterocycles. The van der Waals surface area contributed by atoms with E-state index >= 15 is 0 Å². The van der Waals surface area contributed by atoms with Crippen LogP contribution in [0.5, 0.6) is 5.75 Å². The number of halogens is 3. The van der Waals surface area contributed by atoms with Crippen molar-refractivity contribution in [3.63, 3.8) is 0 Å². The minimum atomic E-state index is -0.387. The molecular weight excluding hydrogens is 461 g/mol. The molecule has 0 saturated carbocycles. The molecule has 10 heteroatoms. The summed E-state index contributed by atoms with van der Waals surface area (Å²) in [6.07, 6.45) is 3.40. The number of aromatic nitrogens is 4. The number of ether oxygens (including phenoxy) is 1. The van der Waals surface area contributed by atoms with Crippen molar-refractivity contribution in [1.82, 2.24) is 19.6 Å². The van der Waals surface area contributed by atoms with E-state index in [2.05, 4.69) is 15.5 Å². The summed E-state index contributed by atoms with van der Waals surface area (Å²) in [5.74, 6) is 0.390. The van der Waals surface area contributed by atoms with Gasteiger partial charge in [-0.3, -0.25) is 9.48 Å². The molecule has 1 amide bonds. The molecule has 0 unspecified atom stereocenters. The first kappa shape index (κ1) is 21.2. The fraction of sp³-hybridized carbons (Fsp3) is 0.0952. The summed E-state index contributed by atoms with van der Waals surface area (Å²) in [6.45, 7) is 0.581. The van der Waals surface area contributed by atoms with Gasteiger partial charge in [0.2, 0.25) is 0 Å². The van der Waals surface area contributed by atoms with E-state index in [4.69, 9.17) is 39.5 Å². The van der Waals surface area contributed by atoms with Gasteiger partial charge in [0.25, 0.3) is 5.91 Å². The Hall–Kier alpha value is -3.00. The summed E-state index contributed by atoms with van der Waals surface area (Å²) < 4.78 is 8.79. The molecule has 7 nitrogen and oxygen atoms in total. The first-order valence-corrected chi connectivity index (χ1v) is 10.3. The number of anilines is 1. The average Bonchev–Trinajstić information content (AvgIpc) is 3.37. The molecule has 4 aromatic rings. The van der Waals surface area contributed by atoms with Crippen molar-refractivity contribution >= 4 is 46.5 Å². The molecule has 0 aliphatic rings. The molecule has 0 atom stereocenters. The lowest BCUT2D eigenvalue weighted by Crippen LogP contribution is -2.15. The van der Waals surface area contributed by atoms with Crippen LogP contribution in [0.1, 0.15) is 16.1 Å². The van der Waals surface area contributed by atoms with Crippen molar-refractivity contribution in [2.24, 2.45) is 0 Å². The van der Waals surface area contributed by atoms with Gasteiger partial charge in [0.1, 0.15) is 0 Å². The number of para-hydroxylation sites is 1. The van der Waals surface area contributed by atoms with Crippen LogP contribution in [0.4, 0.5) is 5.82 Å². The largest absolute Gasteiger partial charge is 0.468 e. The van der Waals surface area contributed by atoms with Crippen molar-refractivity contribution < 1.29 is 9.53 Å². The standard InChI is InChI=1S/C21H16Cl3N5O2/c22-15-4-1-3-14(11-15)12-28-10-8-19(27-28)25-21(30)18-7-9-29(26-18)13-31-20-16(23)5-2-6-17(20)24/h1-11H,12-13H2,(H,25,27,30). The topological polar surface area (TPSA) is 74.0 Å². The molecule has 0 fully saturated rings. The smallest absolute Gasteiger partial charge is 0.277 e. The maximum atomic E-state index is 12.5. The maximum Gasteiger partial charge on any atom is 0.277 e. The van der Waals surface area contributed by atoms with Crippen molar-refractivity contribution in [1.29, 1.82) is 0 Å². The van der Waals surface area contributed by atoms with Crippen LogP contribution in [0.15, 0.2) is 67.0 Å². The van der Waals surface area contributed by atoms with Gasteiger partial charge in [-0.05, 0) is 35.9 Å². The number of nitrogens with one attached hydrogen (secondary N) is 1. The van der Waals surface area contributed by atoms with Crippen LogP contribution in [0.25, 0.3) is 0 Å². The molecule has 0 radical (unpaired) electrons. The molecule has 2 aromatic heterocycles. The van der Waals surface area contributed by atoms with E-state index < -0.39 is 0 Å². The first-order chi connectivity index (χ1) is 15.0. The predicted octanol–water partition coefficient (Wildman–Crippen LogP) is 5.38. The van der Waals surface area contributed by atoms with Crippen LogP contribution in [-0.4, -0.2) is 25.5 Å². The second-order valence-corrected chi connectivity index (χ2v) is 7.80. The molecular formula is C21H16Cl3N5O2. The summed E-state index contributed by atoms with van der Waals surface area (Å²) in [6, 6.07) is 15.9.